The lowest BCUT2D eigenvalue weighted by molar-refractivity contribution is -0.134. The van der Waals surface area contributed by atoms with E-state index in [-0.39, 0.29) is 23.9 Å². The third-order valence-corrected chi connectivity index (χ3v) is 5.26. The van der Waals surface area contributed by atoms with Gasteiger partial charge in [-0.3, -0.25) is 14.4 Å². The van der Waals surface area contributed by atoms with Crippen LogP contribution in [0.15, 0.2) is 24.4 Å². The van der Waals surface area contributed by atoms with Crippen LogP contribution in [-0.4, -0.2) is 32.4 Å². The predicted molar refractivity (Wildman–Crippen MR) is 108 cm³/mol. The highest BCUT2D eigenvalue weighted by Gasteiger charge is 2.19. The van der Waals surface area contributed by atoms with Crippen molar-refractivity contribution in [3.8, 4) is 5.75 Å². The highest BCUT2D eigenvalue weighted by atomic mass is 16.5. The molecule has 30 heavy (non-hydrogen) atoms. The summed E-state index contributed by atoms with van der Waals surface area (Å²) in [5.41, 5.74) is 10.1. The molecule has 1 aromatic carbocycles. The number of carbonyl (C=O) groups excluding carboxylic acids is 3. The number of fused-ring (bicyclic) bond motifs is 2. The van der Waals surface area contributed by atoms with Crippen LogP contribution in [0, 0.1) is 13.8 Å². The molecule has 0 fully saturated rings. The van der Waals surface area contributed by atoms with Gasteiger partial charge in [0.15, 0.2) is 5.65 Å². The number of benzene rings is 1. The van der Waals surface area contributed by atoms with Crippen molar-refractivity contribution < 1.29 is 19.1 Å². The Labute approximate surface area is 172 Å². The van der Waals surface area contributed by atoms with Crippen LogP contribution in [0.25, 0.3) is 5.65 Å². The van der Waals surface area contributed by atoms with Crippen molar-refractivity contribution in [1.29, 1.82) is 0 Å². The second-order valence-corrected chi connectivity index (χ2v) is 7.26. The molecule has 4 rings (SSSR count). The molecule has 0 bridgehead atoms. The third-order valence-electron chi connectivity index (χ3n) is 5.26. The fourth-order valence-corrected chi connectivity index (χ4v) is 3.68. The molecule has 9 nitrogen and oxygen atoms in total. The standard InChI is InChI=1S/C21H21N5O4/c1-11-15(12(2)26-21(24-11)16(10-23-26)20(22)29)5-8-19(28)30-14-4-6-17-13(9-14)3-7-18(27)25-17/h4,6,9-10H,3,5,7-8H2,1-2H3,(H2,22,29)(H,25,27). The van der Waals surface area contributed by atoms with Crippen LogP contribution in [0.4, 0.5) is 5.69 Å². The summed E-state index contributed by atoms with van der Waals surface area (Å²) in [5, 5.41) is 6.99. The van der Waals surface area contributed by atoms with Gasteiger partial charge in [0.25, 0.3) is 5.91 Å². The number of nitrogens with zero attached hydrogens (tertiary/aromatic N) is 3. The molecule has 154 valence electrons. The lowest BCUT2D eigenvalue weighted by Crippen LogP contribution is -2.19. The number of amides is 2. The number of ether oxygens (including phenoxy) is 1. The average Bonchev–Trinajstić information content (AvgIpc) is 3.12. The topological polar surface area (TPSA) is 129 Å². The fraction of sp³-hybridized carbons (Fsp3) is 0.286. The Hall–Kier alpha value is -3.75. The molecule has 0 unspecified atom stereocenters. The number of nitrogens with two attached hydrogens (primary N) is 1. The first-order valence-corrected chi connectivity index (χ1v) is 9.60. The summed E-state index contributed by atoms with van der Waals surface area (Å²) in [6, 6.07) is 5.20. The van der Waals surface area contributed by atoms with E-state index < -0.39 is 5.91 Å². The highest BCUT2D eigenvalue weighted by molar-refractivity contribution is 5.98. The zero-order valence-electron chi connectivity index (χ0n) is 16.7. The molecule has 0 saturated carbocycles. The summed E-state index contributed by atoms with van der Waals surface area (Å²) < 4.78 is 7.04. The molecule has 3 N–H and O–H groups in total. The number of rotatable bonds is 5. The predicted octanol–water partition coefficient (Wildman–Crippen LogP) is 1.87. The van der Waals surface area contributed by atoms with Crippen molar-refractivity contribution >= 4 is 29.1 Å². The van der Waals surface area contributed by atoms with Gasteiger partial charge < -0.3 is 15.8 Å². The second kappa shape index (κ2) is 7.58. The molecule has 0 atom stereocenters. The SMILES string of the molecule is Cc1nc2c(C(N)=O)cnn2c(C)c1CCC(=O)Oc1ccc2c(c1)CCC(=O)N2. The molecule has 0 saturated heterocycles. The lowest BCUT2D eigenvalue weighted by Gasteiger charge is -2.17. The minimum Gasteiger partial charge on any atom is -0.427 e. The van der Waals surface area contributed by atoms with Crippen LogP contribution < -0.4 is 15.8 Å². The number of carbonyl (C=O) groups is 3. The number of hydrogen-bond donors (Lipinski definition) is 2. The molecule has 0 aliphatic carbocycles. The van der Waals surface area contributed by atoms with E-state index >= 15 is 0 Å². The molecule has 1 aliphatic rings. The van der Waals surface area contributed by atoms with E-state index in [1.807, 2.05) is 13.8 Å². The van der Waals surface area contributed by atoms with Gasteiger partial charge in [0.2, 0.25) is 5.91 Å². The third kappa shape index (κ3) is 3.61. The Morgan fingerprint density at radius 1 is 1.27 bits per heavy atom. The number of esters is 1. The monoisotopic (exact) mass is 407 g/mol. The van der Waals surface area contributed by atoms with Crippen molar-refractivity contribution in [2.75, 3.05) is 5.32 Å². The van der Waals surface area contributed by atoms with Gasteiger partial charge in [-0.05, 0) is 56.0 Å². The van der Waals surface area contributed by atoms with Crippen molar-refractivity contribution in [3.05, 3.63) is 52.5 Å². The van der Waals surface area contributed by atoms with Gasteiger partial charge in [-0.2, -0.15) is 5.10 Å². The lowest BCUT2D eigenvalue weighted by atomic mass is 10.0. The second-order valence-electron chi connectivity index (χ2n) is 7.26. The molecular weight excluding hydrogens is 386 g/mol. The fourth-order valence-electron chi connectivity index (χ4n) is 3.68. The quantitative estimate of drug-likeness (QED) is 0.491. The Kier molecular flexibility index (Phi) is 4.94. The highest BCUT2D eigenvalue weighted by Crippen LogP contribution is 2.27. The molecule has 9 heteroatoms. The number of primary amides is 1. The Morgan fingerprint density at radius 2 is 2.07 bits per heavy atom. The van der Waals surface area contributed by atoms with E-state index in [1.54, 1.807) is 22.7 Å². The van der Waals surface area contributed by atoms with Gasteiger partial charge in [-0.15, -0.1) is 0 Å². The molecule has 0 spiro atoms. The molecule has 0 radical (unpaired) electrons. The summed E-state index contributed by atoms with van der Waals surface area (Å²) in [7, 11) is 0. The number of anilines is 1. The Morgan fingerprint density at radius 3 is 2.83 bits per heavy atom. The molecule has 1 aliphatic heterocycles. The first kappa shape index (κ1) is 19.6. The first-order chi connectivity index (χ1) is 14.3. The smallest absolute Gasteiger partial charge is 0.311 e. The van der Waals surface area contributed by atoms with E-state index in [9.17, 15) is 14.4 Å². The summed E-state index contributed by atoms with van der Waals surface area (Å²) in [6.07, 6.45) is 3.02. The van der Waals surface area contributed by atoms with Gasteiger partial charge in [0.05, 0.1) is 12.6 Å². The van der Waals surface area contributed by atoms with Crippen LogP contribution in [0.2, 0.25) is 0 Å². The van der Waals surface area contributed by atoms with E-state index in [0.29, 0.717) is 36.4 Å². The Balaban J connectivity index is 1.47. The largest absolute Gasteiger partial charge is 0.427 e. The van der Waals surface area contributed by atoms with E-state index in [2.05, 4.69) is 15.4 Å². The number of aryl methyl sites for hydroxylation is 3. The molecule has 2 aromatic heterocycles. The summed E-state index contributed by atoms with van der Waals surface area (Å²) in [5.74, 6) is -0.511. The van der Waals surface area contributed by atoms with Crippen molar-refractivity contribution in [3.63, 3.8) is 0 Å². The summed E-state index contributed by atoms with van der Waals surface area (Å²) >= 11 is 0. The average molecular weight is 407 g/mol. The molecule has 3 aromatic rings. The van der Waals surface area contributed by atoms with Gasteiger partial charge >= 0.3 is 5.97 Å². The summed E-state index contributed by atoms with van der Waals surface area (Å²) in [6.45, 7) is 3.68. The Bertz CT molecular complexity index is 1200. The van der Waals surface area contributed by atoms with Gasteiger partial charge in [0.1, 0.15) is 11.3 Å². The van der Waals surface area contributed by atoms with E-state index in [0.717, 1.165) is 22.5 Å². The van der Waals surface area contributed by atoms with Gasteiger partial charge in [0, 0.05) is 23.5 Å². The minimum atomic E-state index is -0.586. The van der Waals surface area contributed by atoms with Crippen molar-refractivity contribution in [2.24, 2.45) is 5.73 Å². The maximum absolute atomic E-state index is 12.4. The molecule has 2 amide bonds. The maximum atomic E-state index is 12.4. The van der Waals surface area contributed by atoms with Gasteiger partial charge in [-0.25, -0.2) is 9.50 Å². The van der Waals surface area contributed by atoms with Gasteiger partial charge in [-0.1, -0.05) is 0 Å². The maximum Gasteiger partial charge on any atom is 0.311 e. The van der Waals surface area contributed by atoms with Crippen LogP contribution in [0.1, 0.15) is 45.7 Å². The van der Waals surface area contributed by atoms with Crippen molar-refractivity contribution in [2.45, 2.75) is 39.5 Å². The van der Waals surface area contributed by atoms with Crippen LogP contribution in [-0.2, 0) is 22.4 Å². The normalized spacial score (nSPS) is 13.1. The van der Waals surface area contributed by atoms with Crippen LogP contribution in [0.5, 0.6) is 5.75 Å². The minimum absolute atomic E-state index is 0.0105. The number of nitrogens with one attached hydrogen (secondary N) is 1. The summed E-state index contributed by atoms with van der Waals surface area (Å²) in [4.78, 5) is 39.8. The number of aromatic nitrogens is 3. The zero-order valence-corrected chi connectivity index (χ0v) is 16.7. The number of hydrogen-bond acceptors (Lipinski definition) is 6. The first-order valence-electron chi connectivity index (χ1n) is 9.60. The van der Waals surface area contributed by atoms with E-state index in [1.165, 1.54) is 6.20 Å². The molecule has 3 heterocycles. The van der Waals surface area contributed by atoms with Crippen LogP contribution >= 0.6 is 0 Å². The van der Waals surface area contributed by atoms with Crippen molar-refractivity contribution in [1.82, 2.24) is 14.6 Å². The van der Waals surface area contributed by atoms with E-state index in [4.69, 9.17) is 10.5 Å². The van der Waals surface area contributed by atoms with Crippen LogP contribution in [0.3, 0.4) is 0 Å². The zero-order chi connectivity index (χ0) is 21.4. The molecular formula is C21H21N5O4.